The van der Waals surface area contributed by atoms with Gasteiger partial charge in [0.15, 0.2) is 0 Å². The Kier molecular flexibility index (Phi) is 3.75. The maximum atomic E-state index is 5.94. The highest BCUT2D eigenvalue weighted by atomic mass is 35.5. The molecule has 1 aromatic heterocycles. The minimum absolute atomic E-state index is 0.665. The van der Waals surface area contributed by atoms with Crippen molar-refractivity contribution in [3.8, 4) is 22.7 Å². The second kappa shape index (κ2) is 6.13. The highest BCUT2D eigenvalue weighted by Crippen LogP contribution is 2.69. The lowest BCUT2D eigenvalue weighted by atomic mass is 9.82. The molecule has 3 aromatic rings. The molecule has 0 radical (unpaired) electrons. The first-order valence-electron chi connectivity index (χ1n) is 9.13. The van der Waals surface area contributed by atoms with Crippen LogP contribution in [0, 0.1) is 11.3 Å². The molecule has 132 valence electrons. The SMILES string of the molecule is Clc1ccc(-c2cn(-c3ccc(OCCC45CCC4C5)cc3)nn2)cc1. The number of aromatic nitrogens is 3. The van der Waals surface area contributed by atoms with Gasteiger partial charge in [-0.2, -0.15) is 0 Å². The summed E-state index contributed by atoms with van der Waals surface area (Å²) >= 11 is 5.94. The van der Waals surface area contributed by atoms with Gasteiger partial charge >= 0.3 is 0 Å². The van der Waals surface area contributed by atoms with E-state index in [1.165, 1.54) is 25.7 Å². The van der Waals surface area contributed by atoms with Crippen LogP contribution >= 0.6 is 11.6 Å². The highest BCUT2D eigenvalue weighted by molar-refractivity contribution is 6.30. The predicted octanol–water partition coefficient (Wildman–Crippen LogP) is 5.16. The number of hydrogen-bond acceptors (Lipinski definition) is 3. The third kappa shape index (κ3) is 2.88. The second-order valence-electron chi connectivity index (χ2n) is 7.45. The molecule has 0 bridgehead atoms. The molecule has 0 N–H and O–H groups in total. The molecule has 2 saturated carbocycles. The molecular weight excluding hydrogens is 346 g/mol. The van der Waals surface area contributed by atoms with E-state index in [1.807, 2.05) is 54.7 Å². The molecule has 2 unspecified atom stereocenters. The Labute approximate surface area is 157 Å². The van der Waals surface area contributed by atoms with Gasteiger partial charge in [-0.25, -0.2) is 4.68 Å². The molecule has 26 heavy (non-hydrogen) atoms. The van der Waals surface area contributed by atoms with Crippen molar-refractivity contribution in [2.75, 3.05) is 6.61 Å². The van der Waals surface area contributed by atoms with Gasteiger partial charge in [0.05, 0.1) is 18.5 Å². The molecule has 5 heteroatoms. The normalized spacial score (nSPS) is 23.2. The maximum absolute atomic E-state index is 5.94. The van der Waals surface area contributed by atoms with Gasteiger partial charge in [-0.15, -0.1) is 5.10 Å². The van der Waals surface area contributed by atoms with Crippen LogP contribution in [0.1, 0.15) is 25.7 Å². The molecular formula is C21H20ClN3O. The zero-order valence-corrected chi connectivity index (χ0v) is 15.2. The summed E-state index contributed by atoms with van der Waals surface area (Å²) in [6.45, 7) is 0.819. The molecule has 2 fully saturated rings. The standard InChI is InChI=1S/C21H20ClN3O/c22-17-3-1-15(2-4-17)20-14-25(24-23-20)18-5-7-19(8-6-18)26-12-11-21-10-9-16(21)13-21/h1-8,14,16H,9-13H2. The minimum Gasteiger partial charge on any atom is -0.494 e. The fourth-order valence-corrected chi connectivity index (χ4v) is 4.16. The fourth-order valence-electron chi connectivity index (χ4n) is 4.03. The monoisotopic (exact) mass is 365 g/mol. The summed E-state index contributed by atoms with van der Waals surface area (Å²) in [5.74, 6) is 1.93. The van der Waals surface area contributed by atoms with Crippen LogP contribution in [-0.2, 0) is 0 Å². The summed E-state index contributed by atoms with van der Waals surface area (Å²) in [6.07, 6.45) is 7.39. The van der Waals surface area contributed by atoms with Crippen molar-refractivity contribution in [2.24, 2.45) is 11.3 Å². The third-order valence-corrected chi connectivity index (χ3v) is 6.20. The predicted molar refractivity (Wildman–Crippen MR) is 102 cm³/mol. The van der Waals surface area contributed by atoms with Gasteiger partial charge in [0.2, 0.25) is 0 Å². The van der Waals surface area contributed by atoms with Crippen LogP contribution in [0.15, 0.2) is 54.7 Å². The number of hydrogen-bond donors (Lipinski definition) is 0. The molecule has 0 saturated heterocycles. The number of rotatable bonds is 6. The van der Waals surface area contributed by atoms with Gasteiger partial charge in [-0.05, 0) is 73.4 Å². The van der Waals surface area contributed by atoms with Gasteiger partial charge in [-0.3, -0.25) is 0 Å². The van der Waals surface area contributed by atoms with Gasteiger partial charge in [0, 0.05) is 10.6 Å². The lowest BCUT2D eigenvalue weighted by Crippen LogP contribution is -2.17. The summed E-state index contributed by atoms with van der Waals surface area (Å²) in [4.78, 5) is 0. The number of halogens is 1. The number of nitrogens with zero attached hydrogens (tertiary/aromatic N) is 3. The summed E-state index contributed by atoms with van der Waals surface area (Å²) in [6, 6.07) is 15.6. The number of fused-ring (bicyclic) bond motifs is 1. The van der Waals surface area contributed by atoms with Crippen molar-refractivity contribution in [1.82, 2.24) is 15.0 Å². The van der Waals surface area contributed by atoms with E-state index in [1.54, 1.807) is 4.68 Å². The summed E-state index contributed by atoms with van der Waals surface area (Å²) < 4.78 is 7.70. The average molecular weight is 366 g/mol. The van der Waals surface area contributed by atoms with Gasteiger partial charge in [0.1, 0.15) is 11.4 Å². The second-order valence-corrected chi connectivity index (χ2v) is 7.89. The van der Waals surface area contributed by atoms with E-state index in [0.717, 1.165) is 35.2 Å². The van der Waals surface area contributed by atoms with Crippen LogP contribution < -0.4 is 4.74 Å². The zero-order chi connectivity index (χ0) is 17.6. The van der Waals surface area contributed by atoms with E-state index in [4.69, 9.17) is 16.3 Å². The van der Waals surface area contributed by atoms with Gasteiger partial charge < -0.3 is 4.74 Å². The largest absolute Gasteiger partial charge is 0.494 e. The van der Waals surface area contributed by atoms with Crippen molar-refractivity contribution in [3.63, 3.8) is 0 Å². The summed E-state index contributed by atoms with van der Waals surface area (Å²) in [7, 11) is 0. The molecule has 0 spiro atoms. The lowest BCUT2D eigenvalue weighted by Gasteiger charge is -2.25. The average Bonchev–Trinajstić information content (AvgIpc) is 3.02. The van der Waals surface area contributed by atoms with Crippen LogP contribution in [0.4, 0.5) is 0 Å². The first-order valence-corrected chi connectivity index (χ1v) is 9.51. The Bertz CT molecular complexity index is 915. The fraction of sp³-hybridized carbons (Fsp3) is 0.333. The van der Waals surface area contributed by atoms with E-state index in [-0.39, 0.29) is 0 Å². The lowest BCUT2D eigenvalue weighted by molar-refractivity contribution is 0.206. The molecule has 0 amide bonds. The molecule has 4 nitrogen and oxygen atoms in total. The van der Waals surface area contributed by atoms with Crippen molar-refractivity contribution >= 4 is 11.6 Å². The van der Waals surface area contributed by atoms with E-state index in [0.29, 0.717) is 10.4 Å². The van der Waals surface area contributed by atoms with E-state index < -0.39 is 0 Å². The molecule has 2 aliphatic carbocycles. The van der Waals surface area contributed by atoms with Crippen molar-refractivity contribution in [3.05, 3.63) is 59.8 Å². The molecule has 2 atom stereocenters. The van der Waals surface area contributed by atoms with Crippen LogP contribution in [0.5, 0.6) is 5.75 Å². The van der Waals surface area contributed by atoms with E-state index >= 15 is 0 Å². The first-order chi connectivity index (χ1) is 12.7. The summed E-state index contributed by atoms with van der Waals surface area (Å²) in [5, 5.41) is 9.19. The molecule has 2 aromatic carbocycles. The Morgan fingerprint density at radius 2 is 1.92 bits per heavy atom. The minimum atomic E-state index is 0.665. The smallest absolute Gasteiger partial charge is 0.119 e. The third-order valence-electron chi connectivity index (χ3n) is 5.95. The van der Waals surface area contributed by atoms with Crippen molar-refractivity contribution in [1.29, 1.82) is 0 Å². The molecule has 5 rings (SSSR count). The number of benzene rings is 2. The van der Waals surface area contributed by atoms with Crippen molar-refractivity contribution < 1.29 is 4.74 Å². The first kappa shape index (κ1) is 15.9. The Morgan fingerprint density at radius 3 is 2.58 bits per heavy atom. The molecule has 0 aliphatic heterocycles. The Balaban J connectivity index is 1.23. The summed E-state index contributed by atoms with van der Waals surface area (Å²) in [5.41, 5.74) is 3.44. The molecule has 1 heterocycles. The van der Waals surface area contributed by atoms with Crippen LogP contribution in [0.25, 0.3) is 16.9 Å². The molecule has 2 aliphatic rings. The van der Waals surface area contributed by atoms with Crippen LogP contribution in [0.2, 0.25) is 5.02 Å². The number of ether oxygens (including phenoxy) is 1. The Hall–Kier alpha value is -2.33. The maximum Gasteiger partial charge on any atom is 0.119 e. The van der Waals surface area contributed by atoms with Crippen LogP contribution in [0.3, 0.4) is 0 Å². The van der Waals surface area contributed by atoms with Crippen LogP contribution in [-0.4, -0.2) is 21.6 Å². The topological polar surface area (TPSA) is 39.9 Å². The quantitative estimate of drug-likeness (QED) is 0.606. The Morgan fingerprint density at radius 1 is 1.12 bits per heavy atom. The van der Waals surface area contributed by atoms with Gasteiger partial charge in [-0.1, -0.05) is 28.9 Å². The van der Waals surface area contributed by atoms with Crippen molar-refractivity contribution in [2.45, 2.75) is 25.7 Å². The van der Waals surface area contributed by atoms with E-state index in [9.17, 15) is 0 Å². The zero-order valence-electron chi connectivity index (χ0n) is 14.4. The highest BCUT2D eigenvalue weighted by Gasteiger charge is 2.60. The van der Waals surface area contributed by atoms with E-state index in [2.05, 4.69) is 10.3 Å². The van der Waals surface area contributed by atoms with Gasteiger partial charge in [0.25, 0.3) is 0 Å².